The second-order valence-electron chi connectivity index (χ2n) is 9.06. The van der Waals surface area contributed by atoms with Gasteiger partial charge in [0.05, 0.1) is 6.04 Å². The summed E-state index contributed by atoms with van der Waals surface area (Å²) in [7, 11) is 0. The van der Waals surface area contributed by atoms with E-state index in [0.717, 1.165) is 4.90 Å². The molecule has 1 aromatic carbocycles. The summed E-state index contributed by atoms with van der Waals surface area (Å²) in [4.78, 5) is 74.0. The van der Waals surface area contributed by atoms with Gasteiger partial charge in [0.15, 0.2) is 0 Å². The molecular formula is C24H33N5O9. The van der Waals surface area contributed by atoms with E-state index in [1.165, 1.54) is 24.3 Å². The van der Waals surface area contributed by atoms with E-state index in [-0.39, 0.29) is 44.4 Å². The largest absolute Gasteiger partial charge is 0.508 e. The summed E-state index contributed by atoms with van der Waals surface area (Å²) in [6, 6.07) is 0.937. The smallest absolute Gasteiger partial charge is 0.326 e. The molecule has 4 unspecified atom stereocenters. The molecule has 1 aliphatic rings. The molecule has 38 heavy (non-hydrogen) atoms. The van der Waals surface area contributed by atoms with Gasteiger partial charge in [-0.25, -0.2) is 4.79 Å². The molecule has 1 aliphatic heterocycles. The number of hydrogen-bond donors (Lipinski definition) is 7. The Balaban J connectivity index is 2.26. The molecule has 2 rings (SSSR count). The van der Waals surface area contributed by atoms with E-state index in [2.05, 4.69) is 10.6 Å². The van der Waals surface area contributed by atoms with E-state index in [4.69, 9.17) is 16.6 Å². The number of aliphatic carboxylic acids is 2. The number of nitrogens with zero attached hydrogens (tertiary/aromatic N) is 1. The van der Waals surface area contributed by atoms with E-state index in [1.807, 2.05) is 0 Å². The Morgan fingerprint density at radius 2 is 1.58 bits per heavy atom. The van der Waals surface area contributed by atoms with Crippen molar-refractivity contribution in [3.8, 4) is 5.75 Å². The number of benzene rings is 1. The quantitative estimate of drug-likeness (QED) is 0.144. The van der Waals surface area contributed by atoms with Gasteiger partial charge >= 0.3 is 11.9 Å². The summed E-state index contributed by atoms with van der Waals surface area (Å²) in [6.07, 6.45) is -0.433. The lowest BCUT2D eigenvalue weighted by Gasteiger charge is -2.29. The normalized spacial score (nSPS) is 17.2. The predicted molar refractivity (Wildman–Crippen MR) is 131 cm³/mol. The van der Waals surface area contributed by atoms with Gasteiger partial charge < -0.3 is 42.3 Å². The fourth-order valence-corrected chi connectivity index (χ4v) is 4.07. The molecule has 1 heterocycles. The summed E-state index contributed by atoms with van der Waals surface area (Å²) in [6.45, 7) is 0.172. The molecule has 1 aromatic rings. The number of nitrogens with two attached hydrogens (primary N) is 2. The molecule has 14 heteroatoms. The number of nitrogens with one attached hydrogen (secondary N) is 2. The fraction of sp³-hybridized carbons (Fsp3) is 0.500. The zero-order valence-corrected chi connectivity index (χ0v) is 20.7. The second kappa shape index (κ2) is 13.9. The second-order valence-corrected chi connectivity index (χ2v) is 9.06. The van der Waals surface area contributed by atoms with E-state index in [1.54, 1.807) is 0 Å². The van der Waals surface area contributed by atoms with Gasteiger partial charge in [0, 0.05) is 25.8 Å². The lowest BCUT2D eigenvalue weighted by Crippen LogP contribution is -2.57. The summed E-state index contributed by atoms with van der Waals surface area (Å²) in [5.74, 6) is -5.44. The van der Waals surface area contributed by atoms with E-state index >= 15 is 0 Å². The van der Waals surface area contributed by atoms with Gasteiger partial charge in [0.25, 0.3) is 0 Å². The highest BCUT2D eigenvalue weighted by molar-refractivity contribution is 5.94. The van der Waals surface area contributed by atoms with Gasteiger partial charge in [-0.3, -0.25) is 24.0 Å². The van der Waals surface area contributed by atoms with Crippen molar-refractivity contribution in [1.82, 2.24) is 15.5 Å². The Morgan fingerprint density at radius 3 is 2.16 bits per heavy atom. The van der Waals surface area contributed by atoms with Gasteiger partial charge in [0.1, 0.15) is 23.9 Å². The molecule has 0 bridgehead atoms. The average Bonchev–Trinajstić information content (AvgIpc) is 3.35. The van der Waals surface area contributed by atoms with Crippen molar-refractivity contribution in [3.05, 3.63) is 29.8 Å². The van der Waals surface area contributed by atoms with Crippen LogP contribution in [0, 0.1) is 0 Å². The van der Waals surface area contributed by atoms with E-state index < -0.39 is 66.2 Å². The van der Waals surface area contributed by atoms with Gasteiger partial charge in [-0.15, -0.1) is 0 Å². The fourth-order valence-electron chi connectivity index (χ4n) is 4.07. The number of carbonyl (C=O) groups excluding carboxylic acids is 4. The topological polar surface area (TPSA) is 242 Å². The lowest BCUT2D eigenvalue weighted by atomic mass is 10.0. The maximum absolute atomic E-state index is 13.4. The average molecular weight is 536 g/mol. The Morgan fingerprint density at radius 1 is 0.947 bits per heavy atom. The maximum atomic E-state index is 13.4. The molecule has 1 fully saturated rings. The number of phenols is 1. The molecule has 0 aliphatic carbocycles. The van der Waals surface area contributed by atoms with Crippen LogP contribution >= 0.6 is 0 Å². The van der Waals surface area contributed by atoms with Crippen LogP contribution in [-0.2, 0) is 35.2 Å². The minimum atomic E-state index is -1.39. The number of hydrogen-bond acceptors (Lipinski definition) is 8. The van der Waals surface area contributed by atoms with E-state index in [9.17, 15) is 39.0 Å². The highest BCUT2D eigenvalue weighted by Gasteiger charge is 2.38. The first kappa shape index (κ1) is 30.0. The van der Waals surface area contributed by atoms with Crippen LogP contribution in [-0.4, -0.2) is 86.5 Å². The minimum Gasteiger partial charge on any atom is -0.508 e. The van der Waals surface area contributed by atoms with Crippen molar-refractivity contribution in [2.75, 3.05) is 6.54 Å². The standard InChI is InChI=1S/C24H33N5O9/c25-15(7-9-19(26)31)21(34)27-16(8-10-20(32)33)22(35)28-17(12-13-3-5-14(30)6-4-13)23(36)29-11-1-2-18(29)24(37)38/h3-6,15-18,30H,1-2,7-12,25H2,(H2,26,31)(H,27,34)(H,28,35)(H,32,33)(H,37,38). The monoisotopic (exact) mass is 535 g/mol. The van der Waals surface area contributed by atoms with Crippen LogP contribution in [0.1, 0.15) is 44.1 Å². The summed E-state index contributed by atoms with van der Waals surface area (Å²) in [5, 5.41) is 33.0. The third kappa shape index (κ3) is 9.03. The number of amides is 4. The Hall–Kier alpha value is -4.20. The number of aromatic hydroxyl groups is 1. The number of carboxylic acids is 2. The van der Waals surface area contributed by atoms with Gasteiger partial charge in [-0.05, 0) is 43.4 Å². The molecule has 0 spiro atoms. The van der Waals surface area contributed by atoms with Gasteiger partial charge in [-0.1, -0.05) is 12.1 Å². The summed E-state index contributed by atoms with van der Waals surface area (Å²) in [5.41, 5.74) is 11.4. The van der Waals surface area contributed by atoms with E-state index in [0.29, 0.717) is 12.0 Å². The van der Waals surface area contributed by atoms with Crippen LogP contribution in [0.4, 0.5) is 0 Å². The molecule has 1 saturated heterocycles. The Labute approximate surface area is 218 Å². The van der Waals surface area contributed by atoms with Crippen LogP contribution < -0.4 is 22.1 Å². The highest BCUT2D eigenvalue weighted by atomic mass is 16.4. The molecule has 4 atom stereocenters. The summed E-state index contributed by atoms with van der Waals surface area (Å²) >= 11 is 0. The molecule has 0 aromatic heterocycles. The Kier molecular flexibility index (Phi) is 11.0. The summed E-state index contributed by atoms with van der Waals surface area (Å²) < 4.78 is 0. The molecule has 0 radical (unpaired) electrons. The molecule has 14 nitrogen and oxygen atoms in total. The molecule has 9 N–H and O–H groups in total. The maximum Gasteiger partial charge on any atom is 0.326 e. The molecule has 208 valence electrons. The highest BCUT2D eigenvalue weighted by Crippen LogP contribution is 2.20. The van der Waals surface area contributed by atoms with Crippen molar-refractivity contribution >= 4 is 35.6 Å². The van der Waals surface area contributed by atoms with Crippen LogP contribution in [0.15, 0.2) is 24.3 Å². The van der Waals surface area contributed by atoms with Crippen molar-refractivity contribution in [2.45, 2.75) is 69.1 Å². The predicted octanol–water partition coefficient (Wildman–Crippen LogP) is -1.56. The van der Waals surface area contributed by atoms with Gasteiger partial charge in [0.2, 0.25) is 23.6 Å². The zero-order valence-electron chi connectivity index (χ0n) is 20.7. The first-order chi connectivity index (χ1) is 17.9. The third-order valence-corrected chi connectivity index (χ3v) is 6.13. The van der Waals surface area contributed by atoms with Crippen LogP contribution in [0.3, 0.4) is 0 Å². The van der Waals surface area contributed by atoms with Crippen LogP contribution in [0.2, 0.25) is 0 Å². The molecule has 4 amide bonds. The number of phenolic OH excluding ortho intramolecular Hbond substituents is 1. The number of rotatable bonds is 14. The van der Waals surface area contributed by atoms with Gasteiger partial charge in [-0.2, -0.15) is 0 Å². The Bertz CT molecular complexity index is 1050. The van der Waals surface area contributed by atoms with Crippen LogP contribution in [0.5, 0.6) is 5.75 Å². The number of carboxylic acid groups (broad SMARTS) is 2. The first-order valence-corrected chi connectivity index (χ1v) is 12.1. The SMILES string of the molecule is NC(=O)CCC(N)C(=O)NC(CCC(=O)O)C(=O)NC(Cc1ccc(O)cc1)C(=O)N1CCCC1C(=O)O. The third-order valence-electron chi connectivity index (χ3n) is 6.13. The first-order valence-electron chi connectivity index (χ1n) is 12.1. The number of primary amides is 1. The van der Waals surface area contributed by atoms with Crippen molar-refractivity contribution in [3.63, 3.8) is 0 Å². The molecule has 0 saturated carbocycles. The zero-order chi connectivity index (χ0) is 28.4. The molecular weight excluding hydrogens is 502 g/mol. The number of carbonyl (C=O) groups is 6. The van der Waals surface area contributed by atoms with Crippen molar-refractivity contribution in [2.24, 2.45) is 11.5 Å². The van der Waals surface area contributed by atoms with Crippen molar-refractivity contribution in [1.29, 1.82) is 0 Å². The number of likely N-dealkylation sites (tertiary alicyclic amines) is 1. The lowest BCUT2D eigenvalue weighted by molar-refractivity contribution is -0.149. The minimum absolute atomic E-state index is 0.0183. The van der Waals surface area contributed by atoms with Crippen molar-refractivity contribution < 1.29 is 44.1 Å². The van der Waals surface area contributed by atoms with Crippen LogP contribution in [0.25, 0.3) is 0 Å².